The Morgan fingerprint density at radius 3 is 2.40 bits per heavy atom. The van der Waals surface area contributed by atoms with E-state index in [9.17, 15) is 4.39 Å². The summed E-state index contributed by atoms with van der Waals surface area (Å²) in [7, 11) is 0. The van der Waals surface area contributed by atoms with E-state index in [4.69, 9.17) is 0 Å². The molecule has 0 heterocycles. The van der Waals surface area contributed by atoms with Crippen molar-refractivity contribution in [2.75, 3.05) is 13.1 Å². The van der Waals surface area contributed by atoms with Crippen molar-refractivity contribution in [1.82, 2.24) is 5.32 Å². The van der Waals surface area contributed by atoms with Gasteiger partial charge in [0.15, 0.2) is 0 Å². The minimum Gasteiger partial charge on any atom is -0.316 e. The average molecular weight is 344 g/mol. The lowest BCUT2D eigenvalue weighted by atomic mass is 9.90. The van der Waals surface area contributed by atoms with Crippen molar-refractivity contribution in [2.24, 2.45) is 17.8 Å². The van der Waals surface area contributed by atoms with Gasteiger partial charge in [-0.25, -0.2) is 4.39 Å². The van der Waals surface area contributed by atoms with Crippen molar-refractivity contribution >= 4 is 15.9 Å². The lowest BCUT2D eigenvalue weighted by molar-refractivity contribution is 0.375. The zero-order valence-corrected chi connectivity index (χ0v) is 14.6. The van der Waals surface area contributed by atoms with Crippen molar-refractivity contribution < 1.29 is 4.39 Å². The van der Waals surface area contributed by atoms with Gasteiger partial charge in [-0.1, -0.05) is 39.8 Å². The fourth-order valence-electron chi connectivity index (χ4n) is 2.50. The smallest absolute Gasteiger partial charge is 0.137 e. The summed E-state index contributed by atoms with van der Waals surface area (Å²) in [6.07, 6.45) is 2.08. The Morgan fingerprint density at radius 1 is 1.10 bits per heavy atom. The average Bonchev–Trinajstić information content (AvgIpc) is 2.33. The first-order valence-electron chi connectivity index (χ1n) is 7.53. The molecular weight excluding hydrogens is 317 g/mol. The van der Waals surface area contributed by atoms with E-state index < -0.39 is 0 Å². The predicted molar refractivity (Wildman–Crippen MR) is 88.5 cm³/mol. The fourth-order valence-corrected chi connectivity index (χ4v) is 2.92. The highest BCUT2D eigenvalue weighted by Gasteiger charge is 2.15. The van der Waals surface area contributed by atoms with Crippen LogP contribution in [0.4, 0.5) is 4.39 Å². The Kier molecular flexibility index (Phi) is 7.75. The molecule has 0 aliphatic carbocycles. The second kappa shape index (κ2) is 8.78. The van der Waals surface area contributed by atoms with Crippen LogP contribution >= 0.6 is 15.9 Å². The maximum absolute atomic E-state index is 13.6. The molecule has 0 spiro atoms. The summed E-state index contributed by atoms with van der Waals surface area (Å²) in [5.74, 6) is 1.71. The second-order valence-electron chi connectivity index (χ2n) is 6.46. The summed E-state index contributed by atoms with van der Waals surface area (Å²) in [4.78, 5) is 0. The molecule has 0 aliphatic heterocycles. The highest BCUT2D eigenvalue weighted by molar-refractivity contribution is 9.10. The van der Waals surface area contributed by atoms with Gasteiger partial charge in [0.25, 0.3) is 0 Å². The molecule has 1 N–H and O–H groups in total. The maximum Gasteiger partial charge on any atom is 0.137 e. The third-order valence-electron chi connectivity index (χ3n) is 3.33. The predicted octanol–water partition coefficient (Wildman–Crippen LogP) is 5.04. The molecule has 1 unspecified atom stereocenters. The summed E-state index contributed by atoms with van der Waals surface area (Å²) < 4.78 is 14.2. The molecule has 0 aromatic heterocycles. The topological polar surface area (TPSA) is 12.0 Å². The maximum atomic E-state index is 13.6. The monoisotopic (exact) mass is 343 g/mol. The molecule has 1 rings (SSSR count). The highest BCUT2D eigenvalue weighted by atomic mass is 79.9. The number of hydrogen-bond acceptors (Lipinski definition) is 1. The third kappa shape index (κ3) is 6.36. The van der Waals surface area contributed by atoms with E-state index >= 15 is 0 Å². The van der Waals surface area contributed by atoms with Gasteiger partial charge < -0.3 is 5.32 Å². The standard InChI is InChI=1S/C17H27BrFN/c1-12(2)8-14(11-20-10-13(3)4)9-15-6-5-7-16(19)17(15)18/h5-7,12-14,20H,8-11H2,1-4H3. The molecule has 3 heteroatoms. The van der Waals surface area contributed by atoms with E-state index in [1.807, 2.05) is 6.07 Å². The zero-order valence-electron chi connectivity index (χ0n) is 13.0. The first kappa shape index (κ1) is 17.6. The molecule has 1 aromatic rings. The highest BCUT2D eigenvalue weighted by Crippen LogP contribution is 2.25. The van der Waals surface area contributed by atoms with Crippen LogP contribution in [0.2, 0.25) is 0 Å². The van der Waals surface area contributed by atoms with Crippen LogP contribution in [0.1, 0.15) is 39.7 Å². The normalized spacial score (nSPS) is 13.2. The number of nitrogens with one attached hydrogen (secondary N) is 1. The van der Waals surface area contributed by atoms with Crippen molar-refractivity contribution in [3.05, 3.63) is 34.1 Å². The van der Waals surface area contributed by atoms with E-state index in [1.54, 1.807) is 6.07 Å². The van der Waals surface area contributed by atoms with Crippen LogP contribution in [-0.4, -0.2) is 13.1 Å². The Bertz CT molecular complexity index is 404. The summed E-state index contributed by atoms with van der Waals surface area (Å²) in [5.41, 5.74) is 1.07. The van der Waals surface area contributed by atoms with Gasteiger partial charge in [0.2, 0.25) is 0 Å². The van der Waals surface area contributed by atoms with Gasteiger partial charge in [-0.15, -0.1) is 0 Å². The first-order chi connectivity index (χ1) is 9.40. The van der Waals surface area contributed by atoms with Crippen LogP contribution in [0, 0.1) is 23.6 Å². The van der Waals surface area contributed by atoms with Gasteiger partial charge in [0.05, 0.1) is 4.47 Å². The number of halogens is 2. The Balaban J connectivity index is 2.65. The van der Waals surface area contributed by atoms with Crippen LogP contribution in [0.15, 0.2) is 22.7 Å². The SMILES string of the molecule is CC(C)CNCC(Cc1cccc(F)c1Br)CC(C)C. The molecule has 0 radical (unpaired) electrons. The van der Waals surface area contributed by atoms with Gasteiger partial charge in [0.1, 0.15) is 5.82 Å². The number of hydrogen-bond donors (Lipinski definition) is 1. The third-order valence-corrected chi connectivity index (χ3v) is 4.22. The van der Waals surface area contributed by atoms with Gasteiger partial charge in [-0.05, 0) is 71.2 Å². The molecule has 0 bridgehead atoms. The van der Waals surface area contributed by atoms with E-state index in [-0.39, 0.29) is 5.82 Å². The molecule has 0 aliphatic rings. The van der Waals surface area contributed by atoms with Gasteiger partial charge in [-0.3, -0.25) is 0 Å². The molecule has 1 aromatic carbocycles. The van der Waals surface area contributed by atoms with E-state index in [0.29, 0.717) is 22.2 Å². The zero-order chi connectivity index (χ0) is 15.1. The summed E-state index contributed by atoms with van der Waals surface area (Å²) >= 11 is 3.37. The van der Waals surface area contributed by atoms with Crippen molar-refractivity contribution in [2.45, 2.75) is 40.5 Å². The summed E-state index contributed by atoms with van der Waals surface area (Å²) in [6.45, 7) is 11.0. The summed E-state index contributed by atoms with van der Waals surface area (Å²) in [5, 5.41) is 3.54. The van der Waals surface area contributed by atoms with Crippen LogP contribution in [-0.2, 0) is 6.42 Å². The van der Waals surface area contributed by atoms with E-state index in [1.165, 1.54) is 6.07 Å². The molecule has 114 valence electrons. The molecule has 0 saturated heterocycles. The lowest BCUT2D eigenvalue weighted by Gasteiger charge is -2.21. The largest absolute Gasteiger partial charge is 0.316 e. The van der Waals surface area contributed by atoms with Crippen molar-refractivity contribution in [3.8, 4) is 0 Å². The summed E-state index contributed by atoms with van der Waals surface area (Å²) in [6, 6.07) is 5.31. The van der Waals surface area contributed by atoms with Crippen LogP contribution in [0.3, 0.4) is 0 Å². The fraction of sp³-hybridized carbons (Fsp3) is 0.647. The number of rotatable bonds is 8. The van der Waals surface area contributed by atoms with Gasteiger partial charge in [-0.2, -0.15) is 0 Å². The Hall–Kier alpha value is -0.410. The quantitative estimate of drug-likeness (QED) is 0.697. The molecular formula is C17H27BrFN. The van der Waals surface area contributed by atoms with Gasteiger partial charge in [0, 0.05) is 0 Å². The first-order valence-corrected chi connectivity index (χ1v) is 8.33. The molecule has 1 nitrogen and oxygen atoms in total. The van der Waals surface area contributed by atoms with Gasteiger partial charge >= 0.3 is 0 Å². The second-order valence-corrected chi connectivity index (χ2v) is 7.26. The Labute approximate surface area is 131 Å². The number of benzene rings is 1. The molecule has 1 atom stereocenters. The molecule has 0 amide bonds. The van der Waals surface area contributed by atoms with E-state index in [2.05, 4.69) is 48.9 Å². The van der Waals surface area contributed by atoms with E-state index in [0.717, 1.165) is 31.5 Å². The molecule has 0 saturated carbocycles. The van der Waals surface area contributed by atoms with Crippen LogP contribution in [0.5, 0.6) is 0 Å². The molecule has 20 heavy (non-hydrogen) atoms. The lowest BCUT2D eigenvalue weighted by Crippen LogP contribution is -2.28. The van der Waals surface area contributed by atoms with Crippen LogP contribution in [0.25, 0.3) is 0 Å². The van der Waals surface area contributed by atoms with Crippen molar-refractivity contribution in [3.63, 3.8) is 0 Å². The minimum absolute atomic E-state index is 0.166. The molecule has 0 fully saturated rings. The van der Waals surface area contributed by atoms with Crippen molar-refractivity contribution in [1.29, 1.82) is 0 Å². The Morgan fingerprint density at radius 2 is 1.80 bits per heavy atom. The van der Waals surface area contributed by atoms with Crippen LogP contribution < -0.4 is 5.32 Å². The minimum atomic E-state index is -0.166.